The van der Waals surface area contributed by atoms with E-state index in [1.807, 2.05) is 13.8 Å². The summed E-state index contributed by atoms with van der Waals surface area (Å²) in [6.07, 6.45) is 0.630. The average Bonchev–Trinajstić information content (AvgIpc) is 2.36. The summed E-state index contributed by atoms with van der Waals surface area (Å²) >= 11 is 0. The number of carbonyl (C=O) groups is 2. The second-order valence-electron chi connectivity index (χ2n) is 4.52. The third-order valence-corrected chi connectivity index (χ3v) is 2.98. The molecule has 0 heterocycles. The molecular formula is C14H18FNO3. The largest absolute Gasteiger partial charge is 0.481 e. The number of hydrogen-bond donors (Lipinski definition) is 2. The Morgan fingerprint density at radius 2 is 1.89 bits per heavy atom. The summed E-state index contributed by atoms with van der Waals surface area (Å²) in [5, 5.41) is 11.9. The minimum atomic E-state index is -1.09. The van der Waals surface area contributed by atoms with Gasteiger partial charge in [-0.05, 0) is 31.0 Å². The first kappa shape index (κ1) is 15.1. The van der Waals surface area contributed by atoms with Crippen LogP contribution in [0.1, 0.15) is 38.2 Å². The molecule has 0 aliphatic heterocycles. The van der Waals surface area contributed by atoms with E-state index in [2.05, 4.69) is 5.32 Å². The third kappa shape index (κ3) is 4.69. The molecule has 5 heteroatoms. The van der Waals surface area contributed by atoms with Gasteiger partial charge < -0.3 is 10.4 Å². The topological polar surface area (TPSA) is 66.4 Å². The number of carboxylic acid groups (broad SMARTS) is 1. The summed E-state index contributed by atoms with van der Waals surface area (Å²) in [6.45, 7) is 3.78. The van der Waals surface area contributed by atoms with E-state index in [1.54, 1.807) is 0 Å². The number of benzene rings is 1. The second kappa shape index (κ2) is 6.87. The van der Waals surface area contributed by atoms with Gasteiger partial charge in [0, 0.05) is 12.5 Å². The Kier molecular flexibility index (Phi) is 5.48. The van der Waals surface area contributed by atoms with Gasteiger partial charge in [0.15, 0.2) is 0 Å². The van der Waals surface area contributed by atoms with Crippen LogP contribution in [-0.4, -0.2) is 23.0 Å². The van der Waals surface area contributed by atoms with Gasteiger partial charge in [0.25, 0.3) is 0 Å². The number of carboxylic acids is 1. The Morgan fingerprint density at radius 3 is 2.37 bits per heavy atom. The normalized spacial score (nSPS) is 13.6. The van der Waals surface area contributed by atoms with Gasteiger partial charge in [0.1, 0.15) is 5.82 Å². The zero-order valence-electron chi connectivity index (χ0n) is 11.0. The van der Waals surface area contributed by atoms with Crippen LogP contribution in [0.15, 0.2) is 24.3 Å². The molecule has 0 aliphatic carbocycles. The van der Waals surface area contributed by atoms with Crippen LogP contribution in [0.3, 0.4) is 0 Å². The van der Waals surface area contributed by atoms with Crippen molar-refractivity contribution in [2.75, 3.05) is 0 Å². The zero-order valence-corrected chi connectivity index (χ0v) is 11.0. The smallest absolute Gasteiger partial charge is 0.311 e. The molecule has 0 saturated carbocycles. The van der Waals surface area contributed by atoms with E-state index in [0.717, 1.165) is 6.42 Å². The van der Waals surface area contributed by atoms with E-state index in [9.17, 15) is 14.0 Å². The van der Waals surface area contributed by atoms with Gasteiger partial charge in [0.05, 0.1) is 5.92 Å². The maximum Gasteiger partial charge on any atom is 0.311 e. The summed E-state index contributed by atoms with van der Waals surface area (Å²) in [7, 11) is 0. The fourth-order valence-corrected chi connectivity index (χ4v) is 1.66. The number of halogens is 1. The van der Waals surface area contributed by atoms with E-state index >= 15 is 0 Å². The van der Waals surface area contributed by atoms with Crippen molar-refractivity contribution < 1.29 is 19.1 Å². The number of rotatable bonds is 6. The lowest BCUT2D eigenvalue weighted by Crippen LogP contribution is -2.34. The van der Waals surface area contributed by atoms with Crippen LogP contribution in [-0.2, 0) is 9.59 Å². The monoisotopic (exact) mass is 267 g/mol. The lowest BCUT2D eigenvalue weighted by molar-refractivity contribution is -0.140. The maximum atomic E-state index is 12.8. The summed E-state index contributed by atoms with van der Waals surface area (Å²) < 4.78 is 12.8. The highest BCUT2D eigenvalue weighted by Gasteiger charge is 2.23. The van der Waals surface area contributed by atoms with Gasteiger partial charge in [-0.25, -0.2) is 4.39 Å². The van der Waals surface area contributed by atoms with Crippen molar-refractivity contribution in [3.63, 3.8) is 0 Å². The fraction of sp³-hybridized carbons (Fsp3) is 0.429. The van der Waals surface area contributed by atoms with E-state index < -0.39 is 17.7 Å². The molecule has 2 atom stereocenters. The van der Waals surface area contributed by atoms with Crippen molar-refractivity contribution in [3.05, 3.63) is 35.6 Å². The Labute approximate surface area is 111 Å². The van der Waals surface area contributed by atoms with Crippen LogP contribution in [0.25, 0.3) is 0 Å². The minimum absolute atomic E-state index is 0.00941. The van der Waals surface area contributed by atoms with Crippen LogP contribution in [0.2, 0.25) is 0 Å². The number of carbonyl (C=O) groups excluding carboxylic acids is 1. The second-order valence-corrected chi connectivity index (χ2v) is 4.52. The number of nitrogens with one attached hydrogen (secondary N) is 1. The van der Waals surface area contributed by atoms with Crippen molar-refractivity contribution >= 4 is 11.9 Å². The van der Waals surface area contributed by atoms with Crippen LogP contribution in [0.5, 0.6) is 0 Å². The molecule has 2 N–H and O–H groups in total. The molecule has 1 aromatic rings. The molecule has 1 aromatic carbocycles. The molecule has 19 heavy (non-hydrogen) atoms. The van der Waals surface area contributed by atoms with E-state index in [-0.39, 0.29) is 18.4 Å². The molecule has 0 bridgehead atoms. The quantitative estimate of drug-likeness (QED) is 0.831. The highest BCUT2D eigenvalue weighted by molar-refractivity contribution is 5.85. The van der Waals surface area contributed by atoms with Crippen LogP contribution in [0.4, 0.5) is 4.39 Å². The summed E-state index contributed by atoms with van der Waals surface area (Å²) in [5.74, 6) is -2.79. The first-order chi connectivity index (χ1) is 8.93. The molecular weight excluding hydrogens is 249 g/mol. The van der Waals surface area contributed by atoms with Crippen LogP contribution in [0, 0.1) is 5.82 Å². The molecule has 1 rings (SSSR count). The molecule has 104 valence electrons. The summed E-state index contributed by atoms with van der Waals surface area (Å²) in [6, 6.07) is 5.18. The van der Waals surface area contributed by atoms with Crippen LogP contribution < -0.4 is 5.32 Å². The van der Waals surface area contributed by atoms with Crippen molar-refractivity contribution in [3.8, 4) is 0 Å². The zero-order chi connectivity index (χ0) is 14.4. The molecule has 2 unspecified atom stereocenters. The lowest BCUT2D eigenvalue weighted by Gasteiger charge is -2.15. The summed E-state index contributed by atoms with van der Waals surface area (Å²) in [4.78, 5) is 22.9. The van der Waals surface area contributed by atoms with Gasteiger partial charge in [-0.15, -0.1) is 0 Å². The van der Waals surface area contributed by atoms with Gasteiger partial charge in [-0.3, -0.25) is 9.59 Å². The van der Waals surface area contributed by atoms with E-state index in [4.69, 9.17) is 5.11 Å². The number of amides is 1. The highest BCUT2D eigenvalue weighted by Crippen LogP contribution is 2.20. The van der Waals surface area contributed by atoms with E-state index in [0.29, 0.717) is 5.56 Å². The Balaban J connectivity index is 2.76. The molecule has 0 fully saturated rings. The fourth-order valence-electron chi connectivity index (χ4n) is 1.66. The Hall–Kier alpha value is -1.91. The SMILES string of the molecule is CCC(C)NC(=O)CC(C(=O)O)c1ccc(F)cc1. The molecule has 0 aromatic heterocycles. The molecule has 0 radical (unpaired) electrons. The first-order valence-electron chi connectivity index (χ1n) is 6.21. The van der Waals surface area contributed by atoms with Gasteiger partial charge in [0.2, 0.25) is 5.91 Å². The average molecular weight is 267 g/mol. The van der Waals surface area contributed by atoms with E-state index in [1.165, 1.54) is 24.3 Å². The van der Waals surface area contributed by atoms with Crippen molar-refractivity contribution in [2.45, 2.75) is 38.6 Å². The minimum Gasteiger partial charge on any atom is -0.481 e. The summed E-state index contributed by atoms with van der Waals surface area (Å²) in [5.41, 5.74) is 0.424. The molecule has 4 nitrogen and oxygen atoms in total. The standard InChI is InChI=1S/C14H18FNO3/c1-3-9(2)16-13(17)8-12(14(18)19)10-4-6-11(15)7-5-10/h4-7,9,12H,3,8H2,1-2H3,(H,16,17)(H,18,19). The first-order valence-corrected chi connectivity index (χ1v) is 6.21. The predicted molar refractivity (Wildman–Crippen MR) is 69.3 cm³/mol. The third-order valence-electron chi connectivity index (χ3n) is 2.98. The highest BCUT2D eigenvalue weighted by atomic mass is 19.1. The van der Waals surface area contributed by atoms with Crippen molar-refractivity contribution in [2.24, 2.45) is 0 Å². The molecule has 1 amide bonds. The van der Waals surface area contributed by atoms with Crippen LogP contribution >= 0.6 is 0 Å². The Morgan fingerprint density at radius 1 is 1.32 bits per heavy atom. The molecule has 0 aliphatic rings. The van der Waals surface area contributed by atoms with Crippen molar-refractivity contribution in [1.82, 2.24) is 5.32 Å². The number of hydrogen-bond acceptors (Lipinski definition) is 2. The predicted octanol–water partition coefficient (Wildman–Crippen LogP) is 2.30. The van der Waals surface area contributed by atoms with Gasteiger partial charge in [-0.1, -0.05) is 19.1 Å². The number of aliphatic carboxylic acids is 1. The van der Waals surface area contributed by atoms with Crippen molar-refractivity contribution in [1.29, 1.82) is 0 Å². The Bertz CT molecular complexity index is 445. The molecule has 0 saturated heterocycles. The van der Waals surface area contributed by atoms with Gasteiger partial charge >= 0.3 is 5.97 Å². The lowest BCUT2D eigenvalue weighted by atomic mass is 9.95. The maximum absolute atomic E-state index is 12.8. The van der Waals surface area contributed by atoms with Gasteiger partial charge in [-0.2, -0.15) is 0 Å². The molecule has 0 spiro atoms.